The molecule has 0 aromatic heterocycles. The molecule has 836 valence electrons. The lowest BCUT2D eigenvalue weighted by atomic mass is 9.69. The summed E-state index contributed by atoms with van der Waals surface area (Å²) in [6.45, 7) is 151. The number of ether oxygens (including phenoxy) is 2. The Morgan fingerprint density at radius 1 is 0.250 bits per heavy atom. The molecule has 10 heteroatoms. The predicted octanol–water partition coefficient (Wildman–Crippen LogP) is 34.8. The number of likely N-dealkylation sites (tertiary alicyclic amines) is 4. The number of hydrogen-bond donors (Lipinski definition) is 0. The first kappa shape index (κ1) is 135. The van der Waals surface area contributed by atoms with Crippen LogP contribution < -0.4 is 0 Å². The van der Waals surface area contributed by atoms with Crippen molar-refractivity contribution >= 4 is 0 Å². The first-order valence-corrected chi connectivity index (χ1v) is 58.4. The van der Waals surface area contributed by atoms with E-state index in [1.54, 1.807) is 44.5 Å². The molecule has 4 aromatic carbocycles. The van der Waals surface area contributed by atoms with Gasteiger partial charge in [0.2, 0.25) is 0 Å². The van der Waals surface area contributed by atoms with E-state index in [1.165, 1.54) is 181 Å². The topological polar surface area (TPSA) is 18.5 Å². The Morgan fingerprint density at radius 2 is 0.444 bits per heavy atom. The Bertz CT molecular complexity index is 4390. The molecule has 144 heavy (non-hydrogen) atoms. The lowest BCUT2D eigenvalue weighted by Crippen LogP contribution is -2.58. The van der Waals surface area contributed by atoms with Crippen LogP contribution in [0.1, 0.15) is 523 Å². The van der Waals surface area contributed by atoms with Crippen molar-refractivity contribution in [1.82, 2.24) is 0 Å². The summed E-state index contributed by atoms with van der Waals surface area (Å²) in [4.78, 5) is 0. The fourth-order valence-electron chi connectivity index (χ4n) is 23.7. The molecule has 0 saturated carbocycles. The summed E-state index contributed by atoms with van der Waals surface area (Å²) in [5.74, 6) is 1.34. The fourth-order valence-corrected chi connectivity index (χ4v) is 23.7. The van der Waals surface area contributed by atoms with Gasteiger partial charge in [0, 0.05) is 95.9 Å². The molecule has 4 aromatic rings. The molecule has 0 amide bonds. The molecule has 10 nitrogen and oxygen atoms in total. The van der Waals surface area contributed by atoms with Gasteiger partial charge in [0.05, 0.1) is 176 Å². The van der Waals surface area contributed by atoms with E-state index in [9.17, 15) is 0 Å². The lowest BCUT2D eigenvalue weighted by molar-refractivity contribution is -0.973. The SMILES string of the molecule is CC(C)(C)c1c(C[N+](C)(C)C(C)(C)C)cccc1C[N+](C)(C)C(C)(C)C.CC(C)(C)c1c(C[N+]2(C(C)(C)C)CCCC2)cccc1C[N+]1(C(C)(C)C)CCCC1.CC(C)(C)c1cc(C[N+](C)(C)C(C)(C)C)c(C(C)(C)C)c(C[N+](C)(C)C(C)(C)C)c1.CC(C)(C)c1cc(C[N+]2(C(C)(C)C)CCCC2)c(C(C)(C)C)c(C[N+]2(C(C)(C)C)CCCC2)c1.CC(C)CC(C)(C)OC(C)C.CC(C)OC(C)(C)C(C)(C)C(C)C. The largest absolute Gasteiger partial charge is 0.373 e. The molecule has 0 bridgehead atoms. The third-order valence-corrected chi connectivity index (χ3v) is 37.6. The minimum atomic E-state index is -0.0602. The average Bonchev–Trinajstić information content (AvgIpc) is 1.30. The summed E-state index contributed by atoms with van der Waals surface area (Å²) in [5.41, 5.74) is 25.0. The average molecular weight is 2010 g/mol. The van der Waals surface area contributed by atoms with E-state index < -0.39 is 0 Å². The van der Waals surface area contributed by atoms with Gasteiger partial charge in [-0.2, -0.15) is 0 Å². The monoisotopic (exact) mass is 2010 g/mol. The van der Waals surface area contributed by atoms with E-state index >= 15 is 0 Å². The smallest absolute Gasteiger partial charge is 0.105 e. The van der Waals surface area contributed by atoms with Crippen LogP contribution in [0, 0.1) is 17.3 Å². The van der Waals surface area contributed by atoms with Gasteiger partial charge < -0.3 is 45.3 Å². The highest BCUT2D eigenvalue weighted by Crippen LogP contribution is 2.49. The second-order valence-electron chi connectivity index (χ2n) is 66.4. The Kier molecular flexibility index (Phi) is 44.3. The number of hydrogen-bond acceptors (Lipinski definition) is 2. The lowest BCUT2D eigenvalue weighted by Gasteiger charge is -2.48. The summed E-state index contributed by atoms with van der Waals surface area (Å²) in [5, 5.41) is 0. The molecule has 4 heterocycles. The maximum atomic E-state index is 5.96. The molecule has 0 unspecified atom stereocenters. The third kappa shape index (κ3) is 35.8. The van der Waals surface area contributed by atoms with Crippen LogP contribution >= 0.6 is 0 Å². The van der Waals surface area contributed by atoms with E-state index in [0.29, 0.717) is 35.1 Å². The number of benzene rings is 4. The summed E-state index contributed by atoms with van der Waals surface area (Å²) in [6.07, 6.45) is 12.8. The van der Waals surface area contributed by atoms with Crippen molar-refractivity contribution in [3.63, 3.8) is 0 Å². The molecule has 4 fully saturated rings. The second kappa shape index (κ2) is 47.4. The highest BCUT2D eigenvalue weighted by Gasteiger charge is 2.52. The Hall–Kier alpha value is -3.52. The maximum absolute atomic E-state index is 5.96. The highest BCUT2D eigenvalue weighted by molar-refractivity contribution is 5.47. The first-order valence-electron chi connectivity index (χ1n) is 58.4. The van der Waals surface area contributed by atoms with Crippen LogP contribution in [0.3, 0.4) is 0 Å². The molecular formula is C134H256N8O2+8. The zero-order chi connectivity index (χ0) is 113. The van der Waals surface area contributed by atoms with Crippen LogP contribution in [0.25, 0.3) is 0 Å². The van der Waals surface area contributed by atoms with Gasteiger partial charge in [0.1, 0.15) is 52.4 Å². The van der Waals surface area contributed by atoms with Crippen LogP contribution in [0.15, 0.2) is 60.7 Å². The molecule has 4 saturated heterocycles. The van der Waals surface area contributed by atoms with Crippen molar-refractivity contribution in [2.75, 3.05) is 109 Å². The van der Waals surface area contributed by atoms with Crippen LogP contribution in [0.4, 0.5) is 0 Å². The molecule has 8 rings (SSSR count). The summed E-state index contributed by atoms with van der Waals surface area (Å²) >= 11 is 0. The van der Waals surface area contributed by atoms with Gasteiger partial charge >= 0.3 is 0 Å². The van der Waals surface area contributed by atoms with Gasteiger partial charge in [0.25, 0.3) is 0 Å². The zero-order valence-electron chi connectivity index (χ0n) is 110. The Labute approximate surface area is 902 Å². The first-order chi connectivity index (χ1) is 63.7. The molecule has 0 radical (unpaired) electrons. The fraction of sp³-hybridized carbons (Fsp3) is 0.821. The van der Waals surface area contributed by atoms with Gasteiger partial charge in [-0.25, -0.2) is 0 Å². The van der Waals surface area contributed by atoms with Gasteiger partial charge in [-0.1, -0.05) is 203 Å². The van der Waals surface area contributed by atoms with Crippen molar-refractivity contribution in [1.29, 1.82) is 0 Å². The molecule has 0 atom stereocenters. The highest BCUT2D eigenvalue weighted by atomic mass is 16.5. The van der Waals surface area contributed by atoms with Gasteiger partial charge in [0.15, 0.2) is 0 Å². The quantitative estimate of drug-likeness (QED) is 0.0651. The minimum absolute atomic E-state index is 0.0440. The van der Waals surface area contributed by atoms with E-state index in [0.717, 1.165) is 50.5 Å². The van der Waals surface area contributed by atoms with Gasteiger partial charge in [-0.15, -0.1) is 0 Å². The van der Waals surface area contributed by atoms with E-state index in [-0.39, 0.29) is 82.3 Å². The van der Waals surface area contributed by atoms with E-state index in [4.69, 9.17) is 9.47 Å². The van der Waals surface area contributed by atoms with E-state index in [1.807, 2.05) is 0 Å². The summed E-state index contributed by atoms with van der Waals surface area (Å²) in [6, 6.07) is 24.5. The van der Waals surface area contributed by atoms with Crippen molar-refractivity contribution in [3.05, 3.63) is 139 Å². The molecule has 0 aliphatic carbocycles. The maximum Gasteiger partial charge on any atom is 0.105 e. The third-order valence-electron chi connectivity index (χ3n) is 37.6. The van der Waals surface area contributed by atoms with E-state index in [2.05, 4.69) is 505 Å². The van der Waals surface area contributed by atoms with Crippen LogP contribution in [-0.4, -0.2) is 212 Å². The Balaban J connectivity index is 0.000000459. The molecule has 0 N–H and O–H groups in total. The Morgan fingerprint density at radius 3 is 0.639 bits per heavy atom. The standard InChI is InChI=1S/C32H58N2.C28H50N2.C28H54N2.C24H46N2.C12H26O.C10H22O/c1-29(2,3)27-21-25(23-33(31(7,8)9)17-13-14-18-33)28(30(4,5)6)26(22-27)24-34(32(10,11)12)19-15-16-20-34;1-26(2,3)25-23(21-29(27(4,5)6)17-10-11-18-29)15-14-16-24(25)22-30(28(7,8)9)19-12-13-20-30;1-25(2,3)23-17-21(19-29(13,14)27(7,8)9)24(26(4,5)6)22(18-23)20-30(15,16)28(10,11)12;1-22(2,3)21-19(17-25(10,11)23(4,5)6)15-14-16-20(21)18-26(12,13)24(7,8)9;1-9(2)11(5,6)12(7,8)13-10(3)4;1-8(2)7-10(5,6)11-9(3)4/h21-22H,13-20,23-24H2,1-12H3;14-16H,10-13,17-22H2,1-9H3;17-18H,19-20H2,1-16H3;14-16H,17-18H2,1-13H3;9-10H,1-8H3;8-9H,7H2,1-6H3/q4*+2;;. The predicted molar refractivity (Wildman–Crippen MR) is 640 cm³/mol. The zero-order valence-corrected chi connectivity index (χ0v) is 110. The summed E-state index contributed by atoms with van der Waals surface area (Å²) < 4.78 is 20.6. The van der Waals surface area contributed by atoms with Crippen molar-refractivity contribution in [2.45, 2.75) is 598 Å². The van der Waals surface area contributed by atoms with Crippen molar-refractivity contribution < 1.29 is 45.3 Å². The normalized spacial score (nSPS) is 17.6. The minimum Gasteiger partial charge on any atom is -0.373 e. The molecule has 0 spiro atoms. The second-order valence-corrected chi connectivity index (χ2v) is 66.4. The van der Waals surface area contributed by atoms with Crippen LogP contribution in [-0.2, 0) is 94.3 Å². The van der Waals surface area contributed by atoms with Crippen LogP contribution in [0.2, 0.25) is 0 Å². The molecule has 4 aliphatic rings. The number of nitrogens with zero attached hydrogens (tertiary/aromatic N) is 8. The van der Waals surface area contributed by atoms with Gasteiger partial charge in [-0.05, 0) is 335 Å². The van der Waals surface area contributed by atoms with Crippen molar-refractivity contribution in [3.8, 4) is 0 Å². The summed E-state index contributed by atoms with van der Waals surface area (Å²) in [7, 11) is 18.9. The molecular weight excluding hydrogens is 1750 g/mol. The van der Waals surface area contributed by atoms with Crippen LogP contribution in [0.5, 0.6) is 0 Å². The number of rotatable bonds is 24. The van der Waals surface area contributed by atoms with Crippen molar-refractivity contribution in [2.24, 2.45) is 17.3 Å². The molecule has 4 aliphatic heterocycles. The number of quaternary nitrogens is 8. The van der Waals surface area contributed by atoms with Gasteiger partial charge in [-0.3, -0.25) is 0 Å².